The Morgan fingerprint density at radius 2 is 1.69 bits per heavy atom. The SMILES string of the molecule is CCCc1cc(=O)oc2cc(OC(=O)Cc3c(C)n(C(=O)c4ccc(Cl)cc4)c4ccc(OC)cc34)ccc12. The van der Waals surface area contributed by atoms with Gasteiger partial charge in [-0.05, 0) is 79.1 Å². The molecule has 5 rings (SSSR count). The number of nitrogens with zero attached hydrogens (tertiary/aromatic N) is 1. The van der Waals surface area contributed by atoms with Gasteiger partial charge in [0.25, 0.3) is 5.91 Å². The molecule has 0 N–H and O–H groups in total. The maximum atomic E-state index is 13.5. The van der Waals surface area contributed by atoms with Gasteiger partial charge in [0.2, 0.25) is 0 Å². The Kier molecular flexibility index (Phi) is 7.26. The highest BCUT2D eigenvalue weighted by molar-refractivity contribution is 6.30. The monoisotopic (exact) mass is 543 g/mol. The Bertz CT molecular complexity index is 1780. The van der Waals surface area contributed by atoms with Crippen LogP contribution in [0.15, 0.2) is 75.9 Å². The molecule has 0 saturated heterocycles. The Hall–Kier alpha value is -4.36. The van der Waals surface area contributed by atoms with Gasteiger partial charge < -0.3 is 13.9 Å². The minimum absolute atomic E-state index is 0.0890. The first-order chi connectivity index (χ1) is 18.8. The highest BCUT2D eigenvalue weighted by atomic mass is 35.5. The number of rotatable bonds is 7. The molecule has 0 amide bonds. The molecule has 0 saturated carbocycles. The number of hydrogen-bond acceptors (Lipinski definition) is 6. The van der Waals surface area contributed by atoms with E-state index in [1.807, 2.05) is 6.92 Å². The van der Waals surface area contributed by atoms with Gasteiger partial charge >= 0.3 is 11.6 Å². The van der Waals surface area contributed by atoms with Crippen LogP contribution in [0.2, 0.25) is 5.02 Å². The molecule has 0 radical (unpaired) electrons. The summed E-state index contributed by atoms with van der Waals surface area (Å²) in [5.41, 5.74) is 3.18. The lowest BCUT2D eigenvalue weighted by molar-refractivity contribution is -0.133. The van der Waals surface area contributed by atoms with Gasteiger partial charge in [0.15, 0.2) is 0 Å². The molecule has 0 fully saturated rings. The lowest BCUT2D eigenvalue weighted by Gasteiger charge is -2.09. The molecule has 2 aromatic heterocycles. The zero-order valence-corrected chi connectivity index (χ0v) is 22.5. The van der Waals surface area contributed by atoms with Gasteiger partial charge in [0, 0.05) is 39.2 Å². The lowest BCUT2D eigenvalue weighted by Crippen LogP contribution is -2.15. The van der Waals surface area contributed by atoms with Crippen LogP contribution in [0.3, 0.4) is 0 Å². The third kappa shape index (κ3) is 5.18. The van der Waals surface area contributed by atoms with Crippen molar-refractivity contribution in [2.75, 3.05) is 7.11 Å². The Morgan fingerprint density at radius 1 is 0.949 bits per heavy atom. The molecule has 0 spiro atoms. The zero-order chi connectivity index (χ0) is 27.7. The molecule has 0 aliphatic carbocycles. The standard InChI is InChI=1S/C31H26ClNO6/c1-4-5-20-14-29(34)39-28-16-23(10-12-24(20)28)38-30(35)17-25-18(2)33(27-13-11-22(37-3)15-26(25)27)31(36)19-6-8-21(32)9-7-19/h6-16H,4-5,17H2,1-3H3. The fraction of sp³-hybridized carbons (Fsp3) is 0.194. The Morgan fingerprint density at radius 3 is 2.41 bits per heavy atom. The minimum atomic E-state index is -0.523. The molecule has 39 heavy (non-hydrogen) atoms. The quantitative estimate of drug-likeness (QED) is 0.132. The van der Waals surface area contributed by atoms with E-state index in [4.69, 9.17) is 25.5 Å². The van der Waals surface area contributed by atoms with Gasteiger partial charge in [0.05, 0.1) is 19.0 Å². The number of carbonyl (C=O) groups is 2. The highest BCUT2D eigenvalue weighted by Gasteiger charge is 2.23. The first-order valence-corrected chi connectivity index (χ1v) is 12.9. The molecule has 2 heterocycles. The predicted octanol–water partition coefficient (Wildman–Crippen LogP) is 6.51. The van der Waals surface area contributed by atoms with Crippen LogP contribution >= 0.6 is 11.6 Å². The third-order valence-corrected chi connectivity index (χ3v) is 6.96. The van der Waals surface area contributed by atoms with Crippen molar-refractivity contribution in [2.24, 2.45) is 0 Å². The van der Waals surface area contributed by atoms with Crippen LogP contribution in [0, 0.1) is 6.92 Å². The van der Waals surface area contributed by atoms with Crippen LogP contribution in [-0.2, 0) is 17.6 Å². The number of methoxy groups -OCH3 is 1. The van der Waals surface area contributed by atoms with Crippen LogP contribution < -0.4 is 15.1 Å². The third-order valence-electron chi connectivity index (χ3n) is 6.71. The topological polar surface area (TPSA) is 87.7 Å². The molecule has 5 aromatic rings. The van der Waals surface area contributed by atoms with Crippen LogP contribution in [0.1, 0.15) is 40.5 Å². The number of ether oxygens (including phenoxy) is 2. The summed E-state index contributed by atoms with van der Waals surface area (Å²) in [6.45, 7) is 3.83. The first kappa shape index (κ1) is 26.3. The number of fused-ring (bicyclic) bond motifs is 2. The van der Waals surface area contributed by atoms with Gasteiger partial charge in [-0.3, -0.25) is 14.2 Å². The smallest absolute Gasteiger partial charge is 0.336 e. The number of esters is 1. The summed E-state index contributed by atoms with van der Waals surface area (Å²) in [5.74, 6) is 0.0953. The van der Waals surface area contributed by atoms with Gasteiger partial charge in [-0.1, -0.05) is 24.9 Å². The minimum Gasteiger partial charge on any atom is -0.497 e. The van der Waals surface area contributed by atoms with Crippen molar-refractivity contribution in [2.45, 2.75) is 33.1 Å². The van der Waals surface area contributed by atoms with Crippen LogP contribution in [-0.4, -0.2) is 23.6 Å². The summed E-state index contributed by atoms with van der Waals surface area (Å²) >= 11 is 6.01. The van der Waals surface area contributed by atoms with Crippen molar-refractivity contribution in [3.05, 3.63) is 105 Å². The van der Waals surface area contributed by atoms with E-state index in [-0.39, 0.29) is 18.1 Å². The second-order valence-electron chi connectivity index (χ2n) is 9.24. The molecule has 0 bridgehead atoms. The average Bonchev–Trinajstić information content (AvgIpc) is 3.18. The molecular formula is C31H26ClNO6. The van der Waals surface area contributed by atoms with Gasteiger partial charge in [-0.25, -0.2) is 4.79 Å². The number of aromatic nitrogens is 1. The largest absolute Gasteiger partial charge is 0.497 e. The molecule has 8 heteroatoms. The van der Waals surface area contributed by atoms with E-state index in [0.29, 0.717) is 44.1 Å². The average molecular weight is 544 g/mol. The first-order valence-electron chi connectivity index (χ1n) is 12.5. The predicted molar refractivity (Wildman–Crippen MR) is 150 cm³/mol. The Labute approximate surface area is 229 Å². The number of benzene rings is 3. The van der Waals surface area contributed by atoms with Crippen LogP contribution in [0.25, 0.3) is 21.9 Å². The zero-order valence-electron chi connectivity index (χ0n) is 21.7. The summed E-state index contributed by atoms with van der Waals surface area (Å²) in [7, 11) is 1.56. The van der Waals surface area contributed by atoms with Crippen molar-refractivity contribution >= 4 is 45.3 Å². The van der Waals surface area contributed by atoms with E-state index in [0.717, 1.165) is 23.8 Å². The molecule has 198 valence electrons. The molecule has 3 aromatic carbocycles. The van der Waals surface area contributed by atoms with Crippen LogP contribution in [0.5, 0.6) is 11.5 Å². The summed E-state index contributed by atoms with van der Waals surface area (Å²) in [4.78, 5) is 38.7. The molecule has 0 aliphatic heterocycles. The van der Waals surface area contributed by atoms with Crippen molar-refractivity contribution < 1.29 is 23.5 Å². The summed E-state index contributed by atoms with van der Waals surface area (Å²) < 4.78 is 18.0. The molecule has 0 aliphatic rings. The summed E-state index contributed by atoms with van der Waals surface area (Å²) in [6, 6.07) is 18.5. The Balaban J connectivity index is 1.49. The van der Waals surface area contributed by atoms with Gasteiger partial charge in [-0.15, -0.1) is 0 Å². The van der Waals surface area contributed by atoms with Crippen molar-refractivity contribution in [1.29, 1.82) is 0 Å². The van der Waals surface area contributed by atoms with Crippen molar-refractivity contribution in [1.82, 2.24) is 4.57 Å². The van der Waals surface area contributed by atoms with E-state index in [9.17, 15) is 14.4 Å². The second kappa shape index (κ2) is 10.8. The van der Waals surface area contributed by atoms with E-state index in [1.165, 1.54) is 6.07 Å². The number of aryl methyl sites for hydroxylation is 1. The van der Waals surface area contributed by atoms with Crippen molar-refractivity contribution in [3.63, 3.8) is 0 Å². The maximum absolute atomic E-state index is 13.5. The second-order valence-corrected chi connectivity index (χ2v) is 9.68. The van der Waals surface area contributed by atoms with Gasteiger partial charge in [0.1, 0.15) is 17.1 Å². The summed E-state index contributed by atoms with van der Waals surface area (Å²) in [6.07, 6.45) is 1.53. The number of carbonyl (C=O) groups excluding carboxylic acids is 2. The van der Waals surface area contributed by atoms with Crippen molar-refractivity contribution in [3.8, 4) is 11.5 Å². The number of hydrogen-bond donors (Lipinski definition) is 0. The highest BCUT2D eigenvalue weighted by Crippen LogP contribution is 2.31. The van der Waals surface area contributed by atoms with E-state index < -0.39 is 11.6 Å². The number of halogens is 1. The van der Waals surface area contributed by atoms with E-state index in [2.05, 4.69) is 0 Å². The van der Waals surface area contributed by atoms with Gasteiger partial charge in [-0.2, -0.15) is 0 Å². The van der Waals surface area contributed by atoms with Crippen LogP contribution in [0.4, 0.5) is 0 Å². The van der Waals surface area contributed by atoms with E-state index in [1.54, 1.807) is 79.3 Å². The molecular weight excluding hydrogens is 518 g/mol. The maximum Gasteiger partial charge on any atom is 0.336 e. The normalized spacial score (nSPS) is 11.2. The molecule has 7 nitrogen and oxygen atoms in total. The fourth-order valence-electron chi connectivity index (χ4n) is 4.86. The fourth-order valence-corrected chi connectivity index (χ4v) is 4.98. The lowest BCUT2D eigenvalue weighted by atomic mass is 10.1. The molecule has 0 atom stereocenters. The summed E-state index contributed by atoms with van der Waals surface area (Å²) in [5, 5.41) is 2.05. The van der Waals surface area contributed by atoms with E-state index >= 15 is 0 Å². The molecule has 0 unspecified atom stereocenters.